The van der Waals surface area contributed by atoms with E-state index < -0.39 is 6.04 Å². The van der Waals surface area contributed by atoms with Gasteiger partial charge in [-0.1, -0.05) is 17.7 Å². The first kappa shape index (κ1) is 24.5. The lowest BCUT2D eigenvalue weighted by molar-refractivity contribution is -0.124. The summed E-state index contributed by atoms with van der Waals surface area (Å²) in [4.78, 5) is 40.8. The number of nitrogens with zero attached hydrogens (tertiary/aromatic N) is 1. The van der Waals surface area contributed by atoms with Crippen LogP contribution in [-0.4, -0.2) is 68.8 Å². The van der Waals surface area contributed by atoms with Gasteiger partial charge in [0.1, 0.15) is 6.04 Å². The molecule has 35 heavy (non-hydrogen) atoms. The molecule has 4 rings (SSSR count). The Hall–Kier alpha value is -3.59. The second-order valence-corrected chi connectivity index (χ2v) is 8.80. The summed E-state index contributed by atoms with van der Waals surface area (Å²) in [6, 6.07) is 11.7. The van der Waals surface area contributed by atoms with Crippen molar-refractivity contribution in [2.45, 2.75) is 25.8 Å². The van der Waals surface area contributed by atoms with Gasteiger partial charge in [0.15, 0.2) is 11.5 Å². The van der Waals surface area contributed by atoms with Crippen LogP contribution in [0.25, 0.3) is 0 Å². The topological polar surface area (TPSA) is 106 Å². The van der Waals surface area contributed by atoms with E-state index in [1.165, 1.54) is 0 Å². The Balaban J connectivity index is 1.42. The van der Waals surface area contributed by atoms with Crippen LogP contribution < -0.4 is 20.1 Å². The van der Waals surface area contributed by atoms with E-state index in [9.17, 15) is 14.4 Å². The number of fused-ring (bicyclic) bond motifs is 1. The summed E-state index contributed by atoms with van der Waals surface area (Å²) < 4.78 is 15.7. The number of piperidine rings is 1. The van der Waals surface area contributed by atoms with Crippen LogP contribution in [0.15, 0.2) is 42.5 Å². The average Bonchev–Trinajstić information content (AvgIpc) is 3.35. The van der Waals surface area contributed by atoms with Gasteiger partial charge < -0.3 is 29.7 Å². The van der Waals surface area contributed by atoms with Crippen molar-refractivity contribution in [3.05, 3.63) is 59.2 Å². The lowest BCUT2D eigenvalue weighted by Gasteiger charge is -2.36. The Morgan fingerprint density at radius 1 is 1.03 bits per heavy atom. The highest BCUT2D eigenvalue weighted by atomic mass is 16.7. The van der Waals surface area contributed by atoms with Crippen molar-refractivity contribution in [2.24, 2.45) is 5.92 Å². The predicted molar refractivity (Wildman–Crippen MR) is 129 cm³/mol. The van der Waals surface area contributed by atoms with E-state index in [2.05, 4.69) is 10.6 Å². The zero-order valence-corrected chi connectivity index (χ0v) is 20.0. The van der Waals surface area contributed by atoms with Gasteiger partial charge in [0.2, 0.25) is 12.7 Å². The molecule has 1 atom stereocenters. The Kier molecular flexibility index (Phi) is 7.87. The molecule has 3 amide bonds. The number of hydrogen-bond acceptors (Lipinski definition) is 6. The number of carbonyl (C=O) groups excluding carboxylic acids is 3. The standard InChI is InChI=1S/C26H31N3O6/c1-17-3-5-19(6-4-17)26(32)29-12-9-18(10-13-29)23(25(31)27-11-14-33-2)28-24(30)20-7-8-21-22(15-20)35-16-34-21/h3-8,15,18,23H,9-14,16H2,1-2H3,(H,27,31)(H,28,30). The van der Waals surface area contributed by atoms with Crippen molar-refractivity contribution in [2.75, 3.05) is 40.1 Å². The van der Waals surface area contributed by atoms with Crippen molar-refractivity contribution in [3.63, 3.8) is 0 Å². The number of benzene rings is 2. The summed E-state index contributed by atoms with van der Waals surface area (Å²) in [5.74, 6) is 0.321. The Bertz CT molecular complexity index is 1060. The molecule has 2 heterocycles. The third-order valence-corrected chi connectivity index (χ3v) is 6.41. The van der Waals surface area contributed by atoms with Gasteiger partial charge in [-0.3, -0.25) is 14.4 Å². The fourth-order valence-corrected chi connectivity index (χ4v) is 4.36. The van der Waals surface area contributed by atoms with E-state index in [1.54, 1.807) is 30.2 Å². The fraction of sp³-hybridized carbons (Fsp3) is 0.423. The Morgan fingerprint density at radius 2 is 1.71 bits per heavy atom. The molecule has 2 N–H and O–H groups in total. The minimum atomic E-state index is -0.735. The molecule has 9 heteroatoms. The second-order valence-electron chi connectivity index (χ2n) is 8.80. The van der Waals surface area contributed by atoms with Crippen LogP contribution in [0.3, 0.4) is 0 Å². The zero-order valence-electron chi connectivity index (χ0n) is 20.0. The maximum Gasteiger partial charge on any atom is 0.253 e. The second kappa shape index (κ2) is 11.2. The van der Waals surface area contributed by atoms with Crippen LogP contribution in [0.5, 0.6) is 11.5 Å². The molecule has 1 fully saturated rings. The Labute approximate surface area is 204 Å². The fourth-order valence-electron chi connectivity index (χ4n) is 4.36. The highest BCUT2D eigenvalue weighted by molar-refractivity contribution is 5.98. The molecular formula is C26H31N3O6. The Morgan fingerprint density at radius 3 is 2.43 bits per heavy atom. The van der Waals surface area contributed by atoms with Crippen molar-refractivity contribution < 1.29 is 28.6 Å². The molecule has 0 aliphatic carbocycles. The predicted octanol–water partition coefficient (Wildman–Crippen LogP) is 2.14. The van der Waals surface area contributed by atoms with E-state index in [-0.39, 0.29) is 30.4 Å². The molecule has 186 valence electrons. The van der Waals surface area contributed by atoms with E-state index in [0.717, 1.165) is 5.56 Å². The van der Waals surface area contributed by atoms with Gasteiger partial charge in [-0.25, -0.2) is 0 Å². The van der Waals surface area contributed by atoms with Crippen molar-refractivity contribution >= 4 is 17.7 Å². The summed E-state index contributed by atoms with van der Waals surface area (Å²) >= 11 is 0. The number of amides is 3. The first-order chi connectivity index (χ1) is 17.0. The molecule has 0 radical (unpaired) electrons. The van der Waals surface area contributed by atoms with E-state index in [4.69, 9.17) is 14.2 Å². The maximum atomic E-state index is 13.0. The molecule has 2 aromatic rings. The van der Waals surface area contributed by atoms with Gasteiger partial charge in [0, 0.05) is 37.9 Å². The zero-order chi connectivity index (χ0) is 24.8. The first-order valence-corrected chi connectivity index (χ1v) is 11.8. The van der Waals surface area contributed by atoms with E-state index in [0.29, 0.717) is 61.7 Å². The number of rotatable bonds is 8. The first-order valence-electron chi connectivity index (χ1n) is 11.8. The minimum absolute atomic E-state index is 0.0195. The summed E-state index contributed by atoms with van der Waals surface area (Å²) in [6.07, 6.45) is 1.20. The van der Waals surface area contributed by atoms with Crippen LogP contribution in [0, 0.1) is 12.8 Å². The molecule has 1 saturated heterocycles. The molecule has 0 saturated carbocycles. The number of hydrogen-bond donors (Lipinski definition) is 2. The van der Waals surface area contributed by atoms with Gasteiger partial charge in [0.25, 0.3) is 11.8 Å². The summed E-state index contributed by atoms with van der Waals surface area (Å²) in [6.45, 7) is 3.84. The summed E-state index contributed by atoms with van der Waals surface area (Å²) in [5.41, 5.74) is 2.13. The molecule has 0 spiro atoms. The molecular weight excluding hydrogens is 450 g/mol. The molecule has 0 bridgehead atoms. The van der Waals surface area contributed by atoms with Gasteiger partial charge in [-0.2, -0.15) is 0 Å². The van der Waals surface area contributed by atoms with Crippen LogP contribution in [0.2, 0.25) is 0 Å². The van der Waals surface area contributed by atoms with Crippen LogP contribution in [-0.2, 0) is 9.53 Å². The molecule has 9 nitrogen and oxygen atoms in total. The van der Waals surface area contributed by atoms with Gasteiger partial charge >= 0.3 is 0 Å². The quantitative estimate of drug-likeness (QED) is 0.560. The highest BCUT2D eigenvalue weighted by Gasteiger charge is 2.34. The molecule has 2 aliphatic rings. The smallest absolute Gasteiger partial charge is 0.253 e. The molecule has 2 aromatic carbocycles. The number of carbonyl (C=O) groups is 3. The number of likely N-dealkylation sites (tertiary alicyclic amines) is 1. The molecule has 0 aromatic heterocycles. The monoisotopic (exact) mass is 481 g/mol. The number of aryl methyl sites for hydroxylation is 1. The van der Waals surface area contributed by atoms with E-state index in [1.807, 2.05) is 31.2 Å². The van der Waals surface area contributed by atoms with Crippen LogP contribution in [0.4, 0.5) is 0 Å². The number of methoxy groups -OCH3 is 1. The van der Waals surface area contributed by atoms with Crippen molar-refractivity contribution in [3.8, 4) is 11.5 Å². The summed E-state index contributed by atoms with van der Waals surface area (Å²) in [7, 11) is 1.56. The molecule has 2 aliphatic heterocycles. The van der Waals surface area contributed by atoms with Crippen LogP contribution in [0.1, 0.15) is 39.1 Å². The third-order valence-electron chi connectivity index (χ3n) is 6.41. The third kappa shape index (κ3) is 5.92. The van der Waals surface area contributed by atoms with Gasteiger partial charge in [0.05, 0.1) is 6.61 Å². The minimum Gasteiger partial charge on any atom is -0.454 e. The summed E-state index contributed by atoms with van der Waals surface area (Å²) in [5, 5.41) is 5.75. The van der Waals surface area contributed by atoms with Crippen molar-refractivity contribution in [1.29, 1.82) is 0 Å². The number of ether oxygens (including phenoxy) is 3. The lowest BCUT2D eigenvalue weighted by Crippen LogP contribution is -2.54. The largest absolute Gasteiger partial charge is 0.454 e. The number of nitrogens with one attached hydrogen (secondary N) is 2. The van der Waals surface area contributed by atoms with Crippen molar-refractivity contribution in [1.82, 2.24) is 15.5 Å². The lowest BCUT2D eigenvalue weighted by atomic mass is 9.88. The van der Waals surface area contributed by atoms with Gasteiger partial charge in [-0.15, -0.1) is 0 Å². The van der Waals surface area contributed by atoms with Gasteiger partial charge in [-0.05, 0) is 56.0 Å². The maximum absolute atomic E-state index is 13.0. The highest BCUT2D eigenvalue weighted by Crippen LogP contribution is 2.32. The SMILES string of the molecule is COCCNC(=O)C(NC(=O)c1ccc2c(c1)OCO2)C1CCN(C(=O)c2ccc(C)cc2)CC1. The normalized spacial score (nSPS) is 16.0. The average molecular weight is 482 g/mol. The molecule has 1 unspecified atom stereocenters. The van der Waals surface area contributed by atoms with E-state index >= 15 is 0 Å². The van der Waals surface area contributed by atoms with Crippen LogP contribution >= 0.6 is 0 Å².